The van der Waals surface area contributed by atoms with Crippen molar-refractivity contribution in [1.82, 2.24) is 0 Å². The maximum Gasteiger partial charge on any atom is 0.167 e. The molecule has 5 heteroatoms. The maximum absolute atomic E-state index is 12.8. The third-order valence-corrected chi connectivity index (χ3v) is 1.32. The topological polar surface area (TPSA) is 47.3 Å². The van der Waals surface area contributed by atoms with Crippen molar-refractivity contribution in [1.29, 1.82) is 0 Å². The average molecular weight is 237 g/mol. The summed E-state index contributed by atoms with van der Waals surface area (Å²) < 4.78 is 17.5. The molecule has 0 spiro atoms. The molecule has 0 saturated carbocycles. The first kappa shape index (κ1) is 11.2. The molecule has 1 aromatic carbocycles. The first-order valence-electron chi connectivity index (χ1n) is 3.08. The van der Waals surface area contributed by atoms with Gasteiger partial charge >= 0.3 is 0 Å². The Morgan fingerprint density at radius 3 is 2.58 bits per heavy atom. The van der Waals surface area contributed by atoms with Crippen LogP contribution < -0.4 is 16.0 Å². The number of ether oxygens (including phenoxy) is 1. The fourth-order valence-corrected chi connectivity index (χ4v) is 0.756. The Hall–Kier alpha value is -0.810. The molecule has 3 N–H and O–H groups in total. The quantitative estimate of drug-likeness (QED) is 0.607. The van der Waals surface area contributed by atoms with Gasteiger partial charge in [-0.1, -0.05) is 0 Å². The Bertz CT molecular complexity index is 257. The lowest BCUT2D eigenvalue weighted by atomic mass is 10.3. The standard InChI is InChI=1S/C7H9FN2O.BrH/c1-11-7-3-2-5(10-9)4-6(7)8;/h2-4,10H,9H2,1H3;1H. The summed E-state index contributed by atoms with van der Waals surface area (Å²) >= 11 is 0. The van der Waals surface area contributed by atoms with E-state index in [4.69, 9.17) is 10.6 Å². The molecule has 12 heavy (non-hydrogen) atoms. The van der Waals surface area contributed by atoms with E-state index >= 15 is 0 Å². The second kappa shape index (κ2) is 4.95. The number of methoxy groups -OCH3 is 1. The molecule has 0 unspecified atom stereocenters. The van der Waals surface area contributed by atoms with Crippen molar-refractivity contribution in [2.24, 2.45) is 5.84 Å². The van der Waals surface area contributed by atoms with Crippen LogP contribution in [0.4, 0.5) is 10.1 Å². The van der Waals surface area contributed by atoms with Gasteiger partial charge in [0.15, 0.2) is 11.6 Å². The van der Waals surface area contributed by atoms with Gasteiger partial charge in [0, 0.05) is 6.07 Å². The Morgan fingerprint density at radius 2 is 2.17 bits per heavy atom. The van der Waals surface area contributed by atoms with E-state index in [2.05, 4.69) is 5.43 Å². The largest absolute Gasteiger partial charge is 0.494 e. The number of nitrogen functional groups attached to an aromatic ring is 1. The number of nitrogens with one attached hydrogen (secondary N) is 1. The van der Waals surface area contributed by atoms with Gasteiger partial charge in [0.05, 0.1) is 12.8 Å². The number of halogens is 2. The van der Waals surface area contributed by atoms with Crippen LogP contribution in [0.25, 0.3) is 0 Å². The highest BCUT2D eigenvalue weighted by molar-refractivity contribution is 8.93. The van der Waals surface area contributed by atoms with Crippen molar-refractivity contribution in [3.05, 3.63) is 24.0 Å². The molecule has 68 valence electrons. The molecule has 0 atom stereocenters. The van der Waals surface area contributed by atoms with E-state index in [0.29, 0.717) is 5.69 Å². The molecular weight excluding hydrogens is 227 g/mol. The number of benzene rings is 1. The first-order valence-corrected chi connectivity index (χ1v) is 3.08. The summed E-state index contributed by atoms with van der Waals surface area (Å²) in [4.78, 5) is 0. The van der Waals surface area contributed by atoms with Gasteiger partial charge in [-0.15, -0.1) is 17.0 Å². The molecule has 0 radical (unpaired) electrons. The molecule has 0 fully saturated rings. The van der Waals surface area contributed by atoms with Crippen LogP contribution in [-0.2, 0) is 0 Å². The van der Waals surface area contributed by atoms with Crippen molar-refractivity contribution in [3.8, 4) is 5.75 Å². The normalized spacial score (nSPS) is 8.58. The molecule has 0 heterocycles. The lowest BCUT2D eigenvalue weighted by Gasteiger charge is -2.03. The van der Waals surface area contributed by atoms with Gasteiger partial charge in [-0.2, -0.15) is 0 Å². The van der Waals surface area contributed by atoms with Gasteiger partial charge in [-0.3, -0.25) is 5.84 Å². The molecule has 1 rings (SSSR count). The van der Waals surface area contributed by atoms with Crippen LogP contribution in [-0.4, -0.2) is 7.11 Å². The number of hydrogen-bond acceptors (Lipinski definition) is 3. The van der Waals surface area contributed by atoms with Crippen molar-refractivity contribution < 1.29 is 9.13 Å². The summed E-state index contributed by atoms with van der Waals surface area (Å²) in [6, 6.07) is 4.39. The SMILES string of the molecule is Br.COc1ccc(NN)cc1F. The molecule has 0 amide bonds. The third kappa shape index (κ3) is 2.35. The second-order valence-electron chi connectivity index (χ2n) is 1.99. The third-order valence-electron chi connectivity index (χ3n) is 1.32. The van der Waals surface area contributed by atoms with Gasteiger partial charge in [0.1, 0.15) is 0 Å². The summed E-state index contributed by atoms with van der Waals surface area (Å²) in [6.07, 6.45) is 0. The van der Waals surface area contributed by atoms with Crippen LogP contribution in [0.5, 0.6) is 5.75 Å². The summed E-state index contributed by atoms with van der Waals surface area (Å²) in [5.41, 5.74) is 2.84. The number of nitrogens with two attached hydrogens (primary N) is 1. The number of hydrogen-bond donors (Lipinski definition) is 2. The summed E-state index contributed by atoms with van der Waals surface area (Å²) in [5, 5.41) is 0. The van der Waals surface area contributed by atoms with Crippen LogP contribution in [0.1, 0.15) is 0 Å². The zero-order valence-corrected chi connectivity index (χ0v) is 8.22. The first-order chi connectivity index (χ1) is 5.27. The van der Waals surface area contributed by atoms with Crippen LogP contribution in [0.3, 0.4) is 0 Å². The molecule has 0 saturated heterocycles. The Kier molecular flexibility index (Phi) is 4.61. The van der Waals surface area contributed by atoms with Crippen molar-refractivity contribution in [2.75, 3.05) is 12.5 Å². The fourth-order valence-electron chi connectivity index (χ4n) is 0.756. The minimum atomic E-state index is -0.428. The van der Waals surface area contributed by atoms with Gasteiger partial charge in [-0.05, 0) is 12.1 Å². The Balaban J connectivity index is 0.00000121. The van der Waals surface area contributed by atoms with Crippen molar-refractivity contribution >= 4 is 22.7 Å². The minimum Gasteiger partial charge on any atom is -0.494 e. The Morgan fingerprint density at radius 1 is 1.50 bits per heavy atom. The number of anilines is 1. The van der Waals surface area contributed by atoms with Crippen LogP contribution in [0.15, 0.2) is 18.2 Å². The second-order valence-corrected chi connectivity index (χ2v) is 1.99. The highest BCUT2D eigenvalue weighted by atomic mass is 79.9. The molecule has 0 aliphatic rings. The molecule has 1 aromatic rings. The minimum absolute atomic E-state index is 0. The van der Waals surface area contributed by atoms with E-state index in [1.165, 1.54) is 19.2 Å². The zero-order valence-electron chi connectivity index (χ0n) is 6.50. The highest BCUT2D eigenvalue weighted by Crippen LogP contribution is 2.19. The zero-order chi connectivity index (χ0) is 8.27. The molecular formula is C7H10BrFN2O. The van der Waals surface area contributed by atoms with Gasteiger partial charge in [0.2, 0.25) is 0 Å². The summed E-state index contributed by atoms with van der Waals surface area (Å²) in [7, 11) is 1.41. The lowest BCUT2D eigenvalue weighted by Crippen LogP contribution is -2.06. The highest BCUT2D eigenvalue weighted by Gasteiger charge is 2.00. The van der Waals surface area contributed by atoms with Crippen LogP contribution in [0.2, 0.25) is 0 Å². The van der Waals surface area contributed by atoms with E-state index in [0.717, 1.165) is 0 Å². The van der Waals surface area contributed by atoms with Crippen molar-refractivity contribution in [3.63, 3.8) is 0 Å². The predicted molar refractivity (Wildman–Crippen MR) is 51.1 cm³/mol. The fraction of sp³-hybridized carbons (Fsp3) is 0.143. The van der Waals surface area contributed by atoms with E-state index in [-0.39, 0.29) is 22.7 Å². The van der Waals surface area contributed by atoms with E-state index in [1.54, 1.807) is 6.07 Å². The average Bonchev–Trinajstić information content (AvgIpc) is 2.04. The van der Waals surface area contributed by atoms with Crippen molar-refractivity contribution in [2.45, 2.75) is 0 Å². The van der Waals surface area contributed by atoms with Gasteiger partial charge in [0.25, 0.3) is 0 Å². The van der Waals surface area contributed by atoms with E-state index in [1.807, 2.05) is 0 Å². The van der Waals surface area contributed by atoms with Gasteiger partial charge < -0.3 is 10.2 Å². The van der Waals surface area contributed by atoms with Crippen LogP contribution >= 0.6 is 17.0 Å². The monoisotopic (exact) mass is 236 g/mol. The summed E-state index contributed by atoms with van der Waals surface area (Å²) in [5.74, 6) is 4.84. The smallest absolute Gasteiger partial charge is 0.167 e. The molecule has 0 aliphatic carbocycles. The lowest BCUT2D eigenvalue weighted by molar-refractivity contribution is 0.386. The number of rotatable bonds is 2. The van der Waals surface area contributed by atoms with E-state index < -0.39 is 5.82 Å². The number of hydrazine groups is 1. The molecule has 0 bridgehead atoms. The van der Waals surface area contributed by atoms with E-state index in [9.17, 15) is 4.39 Å². The van der Waals surface area contributed by atoms with Gasteiger partial charge in [-0.25, -0.2) is 4.39 Å². The molecule has 0 aromatic heterocycles. The Labute approximate surface area is 80.4 Å². The predicted octanol–water partition coefficient (Wildman–Crippen LogP) is 1.70. The maximum atomic E-state index is 12.8. The molecule has 0 aliphatic heterocycles. The molecule has 3 nitrogen and oxygen atoms in total. The summed E-state index contributed by atoms with van der Waals surface area (Å²) in [6.45, 7) is 0. The van der Waals surface area contributed by atoms with Crippen LogP contribution in [0, 0.1) is 5.82 Å².